The highest BCUT2D eigenvalue weighted by atomic mass is 16.5. The smallest absolute Gasteiger partial charge is 0.338 e. The molecule has 8 heteroatoms. The number of nitrogens with zero attached hydrogens (tertiary/aromatic N) is 2. The van der Waals surface area contributed by atoms with E-state index in [0.29, 0.717) is 23.5 Å². The molecule has 3 N–H and O–H groups in total. The van der Waals surface area contributed by atoms with Crippen molar-refractivity contribution in [3.8, 4) is 0 Å². The van der Waals surface area contributed by atoms with Crippen LogP contribution in [0.25, 0.3) is 5.70 Å². The van der Waals surface area contributed by atoms with E-state index >= 15 is 0 Å². The maximum atomic E-state index is 12.4. The molecule has 2 amide bonds. The van der Waals surface area contributed by atoms with Crippen molar-refractivity contribution in [3.05, 3.63) is 76.9 Å². The van der Waals surface area contributed by atoms with Crippen LogP contribution in [0.4, 0.5) is 16.2 Å². The normalized spacial score (nSPS) is 15.5. The fourth-order valence-electron chi connectivity index (χ4n) is 3.95. The fraction of sp³-hybridized carbons (Fsp3) is 0.174. The molecule has 0 atom stereocenters. The maximum absolute atomic E-state index is 12.4. The van der Waals surface area contributed by atoms with Crippen LogP contribution in [-0.4, -0.2) is 36.3 Å². The van der Waals surface area contributed by atoms with Crippen LogP contribution < -0.4 is 16.0 Å². The number of hydrogen-bond donors (Lipinski definition) is 3. The lowest BCUT2D eigenvalue weighted by Crippen LogP contribution is -2.26. The lowest BCUT2D eigenvalue weighted by Gasteiger charge is -2.25. The van der Waals surface area contributed by atoms with Crippen LogP contribution in [0.15, 0.2) is 65.2 Å². The predicted octanol–water partition coefficient (Wildman–Crippen LogP) is 3.52. The number of hydrogen-bond acceptors (Lipinski definition) is 6. The van der Waals surface area contributed by atoms with Gasteiger partial charge in [-0.25, -0.2) is 14.6 Å². The summed E-state index contributed by atoms with van der Waals surface area (Å²) < 4.78 is 4.96. The molecular weight excluding hydrogens is 394 g/mol. The summed E-state index contributed by atoms with van der Waals surface area (Å²) in [5.74, 6) is 0.545. The zero-order valence-corrected chi connectivity index (χ0v) is 16.9. The van der Waals surface area contributed by atoms with Gasteiger partial charge in [0.2, 0.25) is 0 Å². The summed E-state index contributed by atoms with van der Waals surface area (Å²) >= 11 is 0. The highest BCUT2D eigenvalue weighted by Crippen LogP contribution is 2.38. The van der Waals surface area contributed by atoms with Gasteiger partial charge in [0.15, 0.2) is 0 Å². The molecule has 0 spiro atoms. The number of aliphatic imine (C=N–C) groups is 1. The summed E-state index contributed by atoms with van der Waals surface area (Å²) in [4.78, 5) is 30.7. The Balaban J connectivity index is 1.23. The zero-order chi connectivity index (χ0) is 21.4. The largest absolute Gasteiger partial charge is 0.462 e. The lowest BCUT2D eigenvalue weighted by molar-refractivity contribution is 0.0526. The lowest BCUT2D eigenvalue weighted by atomic mass is 10.1. The van der Waals surface area contributed by atoms with Gasteiger partial charge in [-0.2, -0.15) is 0 Å². The molecule has 156 valence electrons. The zero-order valence-electron chi connectivity index (χ0n) is 16.9. The van der Waals surface area contributed by atoms with Crippen molar-refractivity contribution in [2.24, 2.45) is 4.99 Å². The van der Waals surface area contributed by atoms with Crippen LogP contribution in [0.1, 0.15) is 28.4 Å². The number of carbonyl (C=O) groups excluding carboxylic acids is 2. The number of urea groups is 1. The van der Waals surface area contributed by atoms with Crippen LogP contribution in [0, 0.1) is 0 Å². The van der Waals surface area contributed by atoms with Crippen molar-refractivity contribution in [1.82, 2.24) is 10.2 Å². The van der Waals surface area contributed by atoms with Gasteiger partial charge in [-0.15, -0.1) is 0 Å². The maximum Gasteiger partial charge on any atom is 0.338 e. The Morgan fingerprint density at radius 2 is 1.90 bits per heavy atom. The molecule has 0 aromatic heterocycles. The highest BCUT2D eigenvalue weighted by Gasteiger charge is 2.31. The molecule has 2 aromatic rings. The first-order chi connectivity index (χ1) is 15.1. The number of ether oxygens (including phenoxy) is 1. The van der Waals surface area contributed by atoms with Crippen molar-refractivity contribution in [2.75, 3.05) is 23.8 Å². The van der Waals surface area contributed by atoms with Crippen LogP contribution in [0.3, 0.4) is 0 Å². The van der Waals surface area contributed by atoms with Crippen molar-refractivity contribution in [3.63, 3.8) is 0 Å². The van der Waals surface area contributed by atoms with Crippen LogP contribution in [0.5, 0.6) is 0 Å². The number of carbonyl (C=O) groups is 2. The van der Waals surface area contributed by atoms with Gasteiger partial charge in [0.05, 0.1) is 24.4 Å². The van der Waals surface area contributed by atoms with Gasteiger partial charge >= 0.3 is 12.0 Å². The minimum absolute atomic E-state index is 0.320. The van der Waals surface area contributed by atoms with E-state index in [0.717, 1.165) is 35.6 Å². The van der Waals surface area contributed by atoms with E-state index in [4.69, 9.17) is 4.74 Å². The minimum atomic E-state index is -0.384. The number of benzene rings is 2. The molecule has 0 fully saturated rings. The van der Waals surface area contributed by atoms with Gasteiger partial charge in [-0.05, 0) is 48.9 Å². The summed E-state index contributed by atoms with van der Waals surface area (Å²) in [6.07, 6.45) is 4.61. The Bertz CT molecular complexity index is 1160. The second-order valence-corrected chi connectivity index (χ2v) is 7.32. The third-order valence-corrected chi connectivity index (χ3v) is 5.37. The number of allylic oxidation sites excluding steroid dienone is 1. The molecule has 31 heavy (non-hydrogen) atoms. The molecule has 0 saturated heterocycles. The summed E-state index contributed by atoms with van der Waals surface area (Å²) in [6, 6.07) is 12.1. The van der Waals surface area contributed by atoms with Gasteiger partial charge in [0.25, 0.3) is 0 Å². The average Bonchev–Trinajstić information content (AvgIpc) is 3.38. The van der Waals surface area contributed by atoms with Crippen LogP contribution in [-0.2, 0) is 11.2 Å². The molecule has 0 saturated carbocycles. The topological polar surface area (TPSA) is 95.1 Å². The van der Waals surface area contributed by atoms with E-state index in [1.54, 1.807) is 31.2 Å². The average molecular weight is 415 g/mol. The Morgan fingerprint density at radius 1 is 1.13 bits per heavy atom. The van der Waals surface area contributed by atoms with Crippen LogP contribution in [0.2, 0.25) is 0 Å². The van der Waals surface area contributed by atoms with Gasteiger partial charge in [0, 0.05) is 41.5 Å². The number of nitrogens with one attached hydrogen (secondary N) is 3. The summed E-state index contributed by atoms with van der Waals surface area (Å²) in [6.45, 7) is 2.86. The third-order valence-electron chi connectivity index (χ3n) is 5.37. The number of rotatable bonds is 4. The number of esters is 1. The standard InChI is InChI=1S/C23H21N5O3/c1-2-31-22(29)14-3-5-16(6-4-14)26-23(30)27-17-7-8-18-15(11-17)12-19-21(18)25-13-20-24-9-10-28(19)20/h3-9,11,13,25H,2,10,12H2,1H3,(H2,26,27,30). The monoisotopic (exact) mass is 415 g/mol. The summed E-state index contributed by atoms with van der Waals surface area (Å²) in [5, 5.41) is 9.00. The van der Waals surface area contributed by atoms with Gasteiger partial charge in [-0.3, -0.25) is 0 Å². The molecular formula is C23H21N5O3. The predicted molar refractivity (Wildman–Crippen MR) is 119 cm³/mol. The van der Waals surface area contributed by atoms with Gasteiger partial charge in [0.1, 0.15) is 5.82 Å². The van der Waals surface area contributed by atoms with E-state index in [2.05, 4.69) is 25.8 Å². The minimum Gasteiger partial charge on any atom is -0.462 e. The highest BCUT2D eigenvalue weighted by molar-refractivity contribution is 6.00. The number of amides is 2. The molecule has 1 aliphatic carbocycles. The molecule has 2 aliphatic heterocycles. The van der Waals surface area contributed by atoms with Crippen molar-refractivity contribution < 1.29 is 14.3 Å². The molecule has 2 aromatic carbocycles. The Hall–Kier alpha value is -4.07. The molecule has 2 heterocycles. The first kappa shape index (κ1) is 18.9. The summed E-state index contributed by atoms with van der Waals surface area (Å²) in [5.41, 5.74) is 6.33. The van der Waals surface area contributed by atoms with Gasteiger partial charge in [-0.1, -0.05) is 6.07 Å². The summed E-state index contributed by atoms with van der Waals surface area (Å²) in [7, 11) is 0. The fourth-order valence-corrected chi connectivity index (χ4v) is 3.95. The Kier molecular flexibility index (Phi) is 4.66. The van der Waals surface area contributed by atoms with E-state index in [-0.39, 0.29) is 12.0 Å². The van der Waals surface area contributed by atoms with Crippen molar-refractivity contribution in [2.45, 2.75) is 13.3 Å². The third kappa shape index (κ3) is 3.52. The van der Waals surface area contributed by atoms with E-state index in [1.807, 2.05) is 30.6 Å². The Labute approximate surface area is 179 Å². The molecule has 8 nitrogen and oxygen atoms in total. The van der Waals surface area contributed by atoms with Crippen LogP contribution >= 0.6 is 0 Å². The van der Waals surface area contributed by atoms with E-state index in [1.165, 1.54) is 5.70 Å². The first-order valence-corrected chi connectivity index (χ1v) is 10.1. The van der Waals surface area contributed by atoms with Crippen molar-refractivity contribution >= 4 is 35.3 Å². The van der Waals surface area contributed by atoms with E-state index < -0.39 is 0 Å². The molecule has 5 rings (SSSR count). The van der Waals surface area contributed by atoms with E-state index in [9.17, 15) is 9.59 Å². The molecule has 3 aliphatic rings. The molecule has 0 radical (unpaired) electrons. The first-order valence-electron chi connectivity index (χ1n) is 10.1. The second kappa shape index (κ2) is 7.64. The quantitative estimate of drug-likeness (QED) is 0.664. The Morgan fingerprint density at radius 3 is 2.71 bits per heavy atom. The number of fused-ring (bicyclic) bond motifs is 4. The second-order valence-electron chi connectivity index (χ2n) is 7.32. The SMILES string of the molecule is CCOC(=O)c1ccc(NC(=O)Nc2ccc3c(c2)CC2=C3NC=C3N=CCN32)cc1. The molecule has 0 unspecified atom stereocenters. The van der Waals surface area contributed by atoms with Crippen molar-refractivity contribution in [1.29, 1.82) is 0 Å². The number of anilines is 2. The molecule has 0 bridgehead atoms. The van der Waals surface area contributed by atoms with Gasteiger partial charge < -0.3 is 25.6 Å².